The molecule has 0 aromatic carbocycles. The summed E-state index contributed by atoms with van der Waals surface area (Å²) < 4.78 is 15.3. The maximum atomic E-state index is 13.5. The lowest BCUT2D eigenvalue weighted by atomic mass is 10.1. The van der Waals surface area contributed by atoms with Crippen molar-refractivity contribution < 1.29 is 14.3 Å². The highest BCUT2D eigenvalue weighted by molar-refractivity contribution is 5.77. The lowest BCUT2D eigenvalue weighted by molar-refractivity contribution is -0.132. The first kappa shape index (κ1) is 16.8. The average molecular weight is 334 g/mol. The molecule has 0 unspecified atom stereocenters. The summed E-state index contributed by atoms with van der Waals surface area (Å²) in [6.07, 6.45) is -0.0116. The van der Waals surface area contributed by atoms with Gasteiger partial charge in [-0.3, -0.25) is 4.79 Å². The molecule has 1 aliphatic rings. The summed E-state index contributed by atoms with van der Waals surface area (Å²) in [5.74, 6) is -0.121. The molecule has 24 heavy (non-hydrogen) atoms. The molecule has 1 fully saturated rings. The van der Waals surface area contributed by atoms with Gasteiger partial charge >= 0.3 is 0 Å². The monoisotopic (exact) mass is 334 g/mol. The molecule has 0 spiro atoms. The van der Waals surface area contributed by atoms with Crippen LogP contribution in [0.5, 0.6) is 0 Å². The molecule has 0 saturated carbocycles. The molecule has 0 bridgehead atoms. The quantitative estimate of drug-likeness (QED) is 0.920. The van der Waals surface area contributed by atoms with Crippen molar-refractivity contribution in [2.24, 2.45) is 0 Å². The van der Waals surface area contributed by atoms with E-state index in [9.17, 15) is 14.3 Å². The number of carbonyl (C=O) groups excluding carboxylic acids is 1. The summed E-state index contributed by atoms with van der Waals surface area (Å²) in [7, 11) is 0. The fraction of sp³-hybridized carbons (Fsp3) is 0.588. The Hall–Kier alpha value is -2.02. The summed E-state index contributed by atoms with van der Waals surface area (Å²) in [6, 6.07) is 1.52. The standard InChI is InChI=1S/C17H23FN4O2/c1-10-6-16-19-11(2)15(12(3)22(16)20-10)4-5-17(24)21-8-13(18)7-14(21)9-23/h6,13-14,23H,4-5,7-9H2,1-3H3/t13-,14-/m0/s1. The van der Waals surface area contributed by atoms with Crippen LogP contribution in [0, 0.1) is 20.8 Å². The Morgan fingerprint density at radius 1 is 1.42 bits per heavy atom. The maximum absolute atomic E-state index is 13.5. The highest BCUT2D eigenvalue weighted by atomic mass is 19.1. The summed E-state index contributed by atoms with van der Waals surface area (Å²) in [6.45, 7) is 5.71. The van der Waals surface area contributed by atoms with Crippen molar-refractivity contribution >= 4 is 11.6 Å². The molecular weight excluding hydrogens is 311 g/mol. The van der Waals surface area contributed by atoms with Gasteiger partial charge in [0.25, 0.3) is 0 Å². The van der Waals surface area contributed by atoms with Gasteiger partial charge < -0.3 is 10.0 Å². The van der Waals surface area contributed by atoms with Crippen molar-refractivity contribution in [3.8, 4) is 0 Å². The Labute approximate surface area is 140 Å². The van der Waals surface area contributed by atoms with Crippen LogP contribution < -0.4 is 0 Å². The van der Waals surface area contributed by atoms with Crippen LogP contribution in [0.3, 0.4) is 0 Å². The second-order valence-corrected chi connectivity index (χ2v) is 6.53. The smallest absolute Gasteiger partial charge is 0.223 e. The molecule has 2 aromatic rings. The molecule has 3 rings (SSSR count). The van der Waals surface area contributed by atoms with Crippen LogP contribution in [0.2, 0.25) is 0 Å². The topological polar surface area (TPSA) is 70.7 Å². The van der Waals surface area contributed by atoms with Gasteiger partial charge in [0.2, 0.25) is 5.91 Å². The number of carbonyl (C=O) groups is 1. The molecule has 2 atom stereocenters. The van der Waals surface area contributed by atoms with Crippen LogP contribution in [-0.2, 0) is 11.2 Å². The van der Waals surface area contributed by atoms with Gasteiger partial charge in [0.15, 0.2) is 5.65 Å². The fourth-order valence-electron chi connectivity index (χ4n) is 3.52. The van der Waals surface area contributed by atoms with E-state index >= 15 is 0 Å². The molecule has 1 N–H and O–H groups in total. The van der Waals surface area contributed by atoms with E-state index in [4.69, 9.17) is 0 Å². The van der Waals surface area contributed by atoms with E-state index in [0.717, 1.165) is 28.3 Å². The van der Waals surface area contributed by atoms with Gasteiger partial charge in [-0.05, 0) is 32.8 Å². The SMILES string of the molecule is Cc1cc2nc(C)c(CCC(=O)N3C[C@@H](F)C[C@H]3CO)c(C)n2n1. The molecule has 3 heterocycles. The number of likely N-dealkylation sites (tertiary alicyclic amines) is 1. The number of amides is 1. The number of aliphatic hydroxyl groups excluding tert-OH is 1. The minimum atomic E-state index is -1.04. The number of hydrogen-bond acceptors (Lipinski definition) is 4. The number of aliphatic hydroxyl groups is 1. The first-order chi connectivity index (χ1) is 11.4. The van der Waals surface area contributed by atoms with Gasteiger partial charge in [0.05, 0.1) is 24.9 Å². The second-order valence-electron chi connectivity index (χ2n) is 6.53. The van der Waals surface area contributed by atoms with Gasteiger partial charge in [0.1, 0.15) is 6.17 Å². The van der Waals surface area contributed by atoms with Crippen molar-refractivity contribution in [2.75, 3.05) is 13.2 Å². The number of fused-ring (bicyclic) bond motifs is 1. The molecule has 2 aromatic heterocycles. The predicted molar refractivity (Wildman–Crippen MR) is 87.6 cm³/mol. The van der Waals surface area contributed by atoms with E-state index in [1.807, 2.05) is 26.8 Å². The highest BCUT2D eigenvalue weighted by Gasteiger charge is 2.34. The summed E-state index contributed by atoms with van der Waals surface area (Å²) in [5.41, 5.74) is 4.56. The van der Waals surface area contributed by atoms with E-state index in [1.165, 1.54) is 4.90 Å². The van der Waals surface area contributed by atoms with Gasteiger partial charge in [-0.2, -0.15) is 5.10 Å². The van der Waals surface area contributed by atoms with Crippen LogP contribution in [0.15, 0.2) is 6.07 Å². The van der Waals surface area contributed by atoms with Gasteiger partial charge in [-0.25, -0.2) is 13.9 Å². The normalized spacial score (nSPS) is 21.0. The third-order valence-corrected chi connectivity index (χ3v) is 4.77. The van der Waals surface area contributed by atoms with E-state index in [0.29, 0.717) is 6.42 Å². The summed E-state index contributed by atoms with van der Waals surface area (Å²) in [5, 5.41) is 13.7. The van der Waals surface area contributed by atoms with Crippen LogP contribution in [-0.4, -0.2) is 55.9 Å². The van der Waals surface area contributed by atoms with Crippen LogP contribution in [0.25, 0.3) is 5.65 Å². The first-order valence-electron chi connectivity index (χ1n) is 8.27. The average Bonchev–Trinajstić information content (AvgIpc) is 3.09. The third kappa shape index (κ3) is 3.00. The highest BCUT2D eigenvalue weighted by Crippen LogP contribution is 2.22. The Morgan fingerprint density at radius 2 is 2.17 bits per heavy atom. The van der Waals surface area contributed by atoms with Crippen LogP contribution in [0.1, 0.15) is 35.5 Å². The predicted octanol–water partition coefficient (Wildman–Crippen LogP) is 1.52. The van der Waals surface area contributed by atoms with Gasteiger partial charge in [-0.15, -0.1) is 0 Å². The van der Waals surface area contributed by atoms with Crippen LogP contribution in [0.4, 0.5) is 4.39 Å². The zero-order valence-corrected chi connectivity index (χ0v) is 14.3. The number of nitrogens with zero attached hydrogens (tertiary/aromatic N) is 4. The Balaban J connectivity index is 1.77. The Kier molecular flexibility index (Phi) is 4.54. The van der Waals surface area contributed by atoms with Crippen molar-refractivity contribution in [1.29, 1.82) is 0 Å². The fourth-order valence-corrected chi connectivity index (χ4v) is 3.52. The molecule has 0 aliphatic carbocycles. The zero-order chi connectivity index (χ0) is 17.4. The van der Waals surface area contributed by atoms with E-state index in [-0.39, 0.29) is 31.9 Å². The zero-order valence-electron chi connectivity index (χ0n) is 14.3. The lowest BCUT2D eigenvalue weighted by Gasteiger charge is -2.23. The second kappa shape index (κ2) is 6.47. The molecule has 1 saturated heterocycles. The van der Waals surface area contributed by atoms with Crippen LogP contribution >= 0.6 is 0 Å². The van der Waals surface area contributed by atoms with Crippen molar-refractivity contribution in [2.45, 2.75) is 52.2 Å². The summed E-state index contributed by atoms with van der Waals surface area (Å²) in [4.78, 5) is 18.5. The van der Waals surface area contributed by atoms with E-state index in [2.05, 4.69) is 10.1 Å². The molecule has 6 nitrogen and oxygen atoms in total. The van der Waals surface area contributed by atoms with E-state index < -0.39 is 12.2 Å². The lowest BCUT2D eigenvalue weighted by Crippen LogP contribution is -2.38. The van der Waals surface area contributed by atoms with E-state index in [1.54, 1.807) is 4.52 Å². The van der Waals surface area contributed by atoms with Crippen molar-refractivity contribution in [3.05, 3.63) is 28.7 Å². The molecule has 0 radical (unpaired) electrons. The molecule has 1 aliphatic heterocycles. The maximum Gasteiger partial charge on any atom is 0.223 e. The Bertz CT molecular complexity index is 774. The van der Waals surface area contributed by atoms with Gasteiger partial charge in [0, 0.05) is 30.3 Å². The third-order valence-electron chi connectivity index (χ3n) is 4.77. The number of rotatable bonds is 4. The molecular formula is C17H23FN4O2. The molecule has 7 heteroatoms. The molecule has 1 amide bonds. The van der Waals surface area contributed by atoms with Crippen molar-refractivity contribution in [1.82, 2.24) is 19.5 Å². The van der Waals surface area contributed by atoms with Crippen molar-refractivity contribution in [3.63, 3.8) is 0 Å². The number of aryl methyl sites for hydroxylation is 3. The minimum absolute atomic E-state index is 0.0810. The number of alkyl halides is 1. The number of halogens is 1. The Morgan fingerprint density at radius 3 is 2.88 bits per heavy atom. The molecule has 130 valence electrons. The van der Waals surface area contributed by atoms with Gasteiger partial charge in [-0.1, -0.05) is 0 Å². The summed E-state index contributed by atoms with van der Waals surface area (Å²) >= 11 is 0. The largest absolute Gasteiger partial charge is 0.394 e. The first-order valence-corrected chi connectivity index (χ1v) is 8.27. The number of hydrogen-bond donors (Lipinski definition) is 1. The minimum Gasteiger partial charge on any atom is -0.394 e. The number of aromatic nitrogens is 3.